The summed E-state index contributed by atoms with van der Waals surface area (Å²) in [6.07, 6.45) is 0.940. The second-order valence-electron chi connectivity index (χ2n) is 3.98. The van der Waals surface area contributed by atoms with Crippen LogP contribution in [0.5, 0.6) is 0 Å². The highest BCUT2D eigenvalue weighted by Crippen LogP contribution is 2.11. The zero-order chi connectivity index (χ0) is 13.5. The molecule has 2 aromatic rings. The Morgan fingerprint density at radius 1 is 1.16 bits per heavy atom. The number of thiophene rings is 1. The van der Waals surface area contributed by atoms with E-state index in [0.29, 0.717) is 18.1 Å². The number of benzene rings is 1. The van der Waals surface area contributed by atoms with Crippen molar-refractivity contribution in [3.63, 3.8) is 0 Å². The Bertz CT molecular complexity index is 506. The summed E-state index contributed by atoms with van der Waals surface area (Å²) in [4.78, 5) is 0.671. The standard InChI is InChI=1S/C14H16O3S2/c1-16-19(15)14-4-2-12(3-5-14)10-17-8-6-13-7-9-18-11-13/h2-5,7,9,11H,6,8,10H2,1H3. The molecule has 1 atom stereocenters. The van der Waals surface area contributed by atoms with Crippen molar-refractivity contribution in [3.8, 4) is 0 Å². The van der Waals surface area contributed by atoms with Crippen molar-refractivity contribution in [2.75, 3.05) is 13.7 Å². The van der Waals surface area contributed by atoms with Crippen molar-refractivity contribution < 1.29 is 13.1 Å². The van der Waals surface area contributed by atoms with Gasteiger partial charge in [0, 0.05) is 0 Å². The highest BCUT2D eigenvalue weighted by molar-refractivity contribution is 7.80. The number of hydrogen-bond acceptors (Lipinski definition) is 4. The minimum Gasteiger partial charge on any atom is -0.376 e. The number of rotatable bonds is 7. The van der Waals surface area contributed by atoms with Gasteiger partial charge in [0.2, 0.25) is 0 Å². The molecule has 0 radical (unpaired) electrons. The first-order chi connectivity index (χ1) is 9.29. The molecule has 3 nitrogen and oxygen atoms in total. The van der Waals surface area contributed by atoms with Gasteiger partial charge in [0.1, 0.15) is 0 Å². The van der Waals surface area contributed by atoms with Crippen LogP contribution in [0, 0.1) is 0 Å². The lowest BCUT2D eigenvalue weighted by Crippen LogP contribution is -1.99. The molecule has 0 saturated carbocycles. The predicted molar refractivity (Wildman–Crippen MR) is 77.5 cm³/mol. The predicted octanol–water partition coefficient (Wildman–Crippen LogP) is 3.18. The summed E-state index contributed by atoms with van der Waals surface area (Å²) in [5, 5.41) is 4.21. The van der Waals surface area contributed by atoms with Crippen LogP contribution in [0.15, 0.2) is 46.0 Å². The molecule has 1 heterocycles. The van der Waals surface area contributed by atoms with E-state index in [0.717, 1.165) is 12.0 Å². The molecule has 1 aromatic heterocycles. The molecule has 5 heteroatoms. The molecule has 19 heavy (non-hydrogen) atoms. The largest absolute Gasteiger partial charge is 0.376 e. The van der Waals surface area contributed by atoms with Gasteiger partial charge in [0.15, 0.2) is 11.1 Å². The van der Waals surface area contributed by atoms with E-state index < -0.39 is 11.1 Å². The first-order valence-electron chi connectivity index (χ1n) is 5.93. The molecule has 0 spiro atoms. The van der Waals surface area contributed by atoms with E-state index in [1.807, 2.05) is 12.1 Å². The summed E-state index contributed by atoms with van der Waals surface area (Å²) in [5.41, 5.74) is 2.39. The van der Waals surface area contributed by atoms with Crippen molar-refractivity contribution >= 4 is 22.4 Å². The fraction of sp³-hybridized carbons (Fsp3) is 0.286. The highest BCUT2D eigenvalue weighted by atomic mass is 32.2. The van der Waals surface area contributed by atoms with Crippen molar-refractivity contribution in [2.45, 2.75) is 17.9 Å². The molecule has 2 rings (SSSR count). The molecule has 0 aliphatic carbocycles. The zero-order valence-corrected chi connectivity index (χ0v) is 12.3. The molecule has 0 aliphatic rings. The molecular formula is C14H16O3S2. The SMILES string of the molecule is COS(=O)c1ccc(COCCc2ccsc2)cc1. The Kier molecular flexibility index (Phi) is 5.72. The smallest absolute Gasteiger partial charge is 0.188 e. The summed E-state index contributed by atoms with van der Waals surface area (Å²) in [6, 6.07) is 9.55. The minimum absolute atomic E-state index is 0.573. The van der Waals surface area contributed by atoms with Crippen LogP contribution in [-0.2, 0) is 33.0 Å². The van der Waals surface area contributed by atoms with E-state index in [9.17, 15) is 4.21 Å². The fourth-order valence-electron chi connectivity index (χ4n) is 1.61. The Balaban J connectivity index is 1.75. The summed E-state index contributed by atoms with van der Waals surface area (Å²) in [6.45, 7) is 1.28. The van der Waals surface area contributed by atoms with Crippen molar-refractivity contribution in [1.82, 2.24) is 0 Å². The second kappa shape index (κ2) is 7.55. The first-order valence-corrected chi connectivity index (χ1v) is 7.95. The number of hydrogen-bond donors (Lipinski definition) is 0. The minimum atomic E-state index is -1.37. The molecule has 1 aromatic carbocycles. The van der Waals surface area contributed by atoms with E-state index in [1.54, 1.807) is 23.5 Å². The molecule has 0 aliphatic heterocycles. The van der Waals surface area contributed by atoms with Crippen molar-refractivity contribution in [1.29, 1.82) is 0 Å². The maximum Gasteiger partial charge on any atom is 0.188 e. The van der Waals surface area contributed by atoms with Gasteiger partial charge in [-0.25, -0.2) is 4.21 Å². The van der Waals surface area contributed by atoms with Gasteiger partial charge in [0.25, 0.3) is 0 Å². The Labute approximate surface area is 119 Å². The Morgan fingerprint density at radius 2 is 1.95 bits per heavy atom. The quantitative estimate of drug-likeness (QED) is 0.736. The summed E-state index contributed by atoms with van der Waals surface area (Å²) in [5.74, 6) is 0. The van der Waals surface area contributed by atoms with Gasteiger partial charge in [-0.1, -0.05) is 12.1 Å². The van der Waals surface area contributed by atoms with Crippen LogP contribution in [0.1, 0.15) is 11.1 Å². The van der Waals surface area contributed by atoms with Crippen molar-refractivity contribution in [3.05, 3.63) is 52.2 Å². The Hall–Kier alpha value is -1.01. The third-order valence-electron chi connectivity index (χ3n) is 2.65. The zero-order valence-electron chi connectivity index (χ0n) is 10.7. The third kappa shape index (κ3) is 4.54. The highest BCUT2D eigenvalue weighted by Gasteiger charge is 2.02. The van der Waals surface area contributed by atoms with Crippen LogP contribution in [0.25, 0.3) is 0 Å². The fourth-order valence-corrected chi connectivity index (χ4v) is 2.86. The second-order valence-corrected chi connectivity index (χ2v) is 6.03. The van der Waals surface area contributed by atoms with Gasteiger partial charge in [0.05, 0.1) is 25.2 Å². The first kappa shape index (κ1) is 14.4. The molecule has 0 amide bonds. The van der Waals surface area contributed by atoms with Gasteiger partial charge >= 0.3 is 0 Å². The van der Waals surface area contributed by atoms with Crippen LogP contribution in [0.2, 0.25) is 0 Å². The van der Waals surface area contributed by atoms with Gasteiger partial charge in [-0.2, -0.15) is 11.3 Å². The van der Waals surface area contributed by atoms with E-state index >= 15 is 0 Å². The van der Waals surface area contributed by atoms with Gasteiger partial charge in [-0.15, -0.1) is 0 Å². The lowest BCUT2D eigenvalue weighted by atomic mass is 10.2. The van der Waals surface area contributed by atoms with E-state index in [1.165, 1.54) is 12.7 Å². The topological polar surface area (TPSA) is 35.5 Å². The van der Waals surface area contributed by atoms with Gasteiger partial charge in [-0.05, 0) is 46.5 Å². The summed E-state index contributed by atoms with van der Waals surface area (Å²) in [7, 11) is 1.43. The average Bonchev–Trinajstić information content (AvgIpc) is 2.96. The Morgan fingerprint density at radius 3 is 2.58 bits per heavy atom. The lowest BCUT2D eigenvalue weighted by Gasteiger charge is -2.05. The van der Waals surface area contributed by atoms with Crippen LogP contribution < -0.4 is 0 Å². The van der Waals surface area contributed by atoms with E-state index in [2.05, 4.69) is 16.8 Å². The summed E-state index contributed by atoms with van der Waals surface area (Å²) >= 11 is 0.338. The van der Waals surface area contributed by atoms with Crippen LogP contribution in [0.3, 0.4) is 0 Å². The van der Waals surface area contributed by atoms with Crippen LogP contribution in [-0.4, -0.2) is 17.9 Å². The number of ether oxygens (including phenoxy) is 1. The van der Waals surface area contributed by atoms with Crippen LogP contribution in [0.4, 0.5) is 0 Å². The molecular weight excluding hydrogens is 280 g/mol. The van der Waals surface area contributed by atoms with Gasteiger partial charge in [-0.3, -0.25) is 4.18 Å². The maximum absolute atomic E-state index is 11.4. The molecule has 0 fully saturated rings. The van der Waals surface area contributed by atoms with E-state index in [4.69, 9.17) is 8.92 Å². The molecule has 1 unspecified atom stereocenters. The molecule has 0 saturated heterocycles. The molecule has 102 valence electrons. The maximum atomic E-state index is 11.4. The van der Waals surface area contributed by atoms with Crippen molar-refractivity contribution in [2.24, 2.45) is 0 Å². The lowest BCUT2D eigenvalue weighted by molar-refractivity contribution is 0.124. The van der Waals surface area contributed by atoms with Crippen LogP contribution >= 0.6 is 11.3 Å². The normalized spacial score (nSPS) is 12.5. The molecule has 0 bridgehead atoms. The average molecular weight is 296 g/mol. The molecule has 0 N–H and O–H groups in total. The monoisotopic (exact) mass is 296 g/mol. The summed E-state index contributed by atoms with van der Waals surface area (Å²) < 4.78 is 21.8. The van der Waals surface area contributed by atoms with E-state index in [-0.39, 0.29) is 0 Å². The third-order valence-corrected chi connectivity index (χ3v) is 4.34. The van der Waals surface area contributed by atoms with Gasteiger partial charge < -0.3 is 4.74 Å².